The molecule has 130 valence electrons. The normalized spacial score (nSPS) is 16.0. The second kappa shape index (κ2) is 6.52. The van der Waals surface area contributed by atoms with E-state index >= 15 is 0 Å². The lowest BCUT2D eigenvalue weighted by molar-refractivity contribution is 0.0975. The Morgan fingerprint density at radius 1 is 1.00 bits per heavy atom. The first kappa shape index (κ1) is 16.1. The number of methoxy groups -OCH3 is 1. The van der Waals surface area contributed by atoms with E-state index in [4.69, 9.17) is 4.74 Å². The number of nitrogens with zero attached hydrogens (tertiary/aromatic N) is 1. The maximum atomic E-state index is 14.3. The zero-order chi connectivity index (χ0) is 18.1. The first-order valence-corrected chi connectivity index (χ1v) is 8.26. The van der Waals surface area contributed by atoms with Crippen LogP contribution in [0.2, 0.25) is 0 Å². The fourth-order valence-electron chi connectivity index (χ4n) is 3.19. The predicted octanol–water partition coefficient (Wildman–Crippen LogP) is 4.61. The zero-order valence-electron chi connectivity index (χ0n) is 14.1. The number of ether oxygens (including phenoxy) is 1. The van der Waals surface area contributed by atoms with E-state index in [1.807, 2.05) is 48.5 Å². The summed E-state index contributed by atoms with van der Waals surface area (Å²) in [5.41, 5.74) is 2.68. The van der Waals surface area contributed by atoms with Gasteiger partial charge in [0.2, 0.25) is 0 Å². The number of fused-ring (bicyclic) bond motifs is 1. The van der Waals surface area contributed by atoms with E-state index in [0.717, 1.165) is 11.4 Å². The Labute approximate surface area is 150 Å². The molecule has 0 bridgehead atoms. The van der Waals surface area contributed by atoms with Crippen molar-refractivity contribution in [2.75, 3.05) is 17.3 Å². The quantitative estimate of drug-likeness (QED) is 0.752. The molecule has 26 heavy (non-hydrogen) atoms. The Bertz CT molecular complexity index is 959. The van der Waals surface area contributed by atoms with Gasteiger partial charge in [0.05, 0.1) is 12.7 Å². The molecule has 0 aliphatic carbocycles. The smallest absolute Gasteiger partial charge is 0.262 e. The molecule has 1 amide bonds. The van der Waals surface area contributed by atoms with Gasteiger partial charge < -0.3 is 10.1 Å². The largest absolute Gasteiger partial charge is 0.494 e. The minimum absolute atomic E-state index is 0.133. The second-order valence-corrected chi connectivity index (χ2v) is 6.00. The van der Waals surface area contributed by atoms with Gasteiger partial charge in [-0.3, -0.25) is 9.69 Å². The van der Waals surface area contributed by atoms with Crippen LogP contribution in [0.3, 0.4) is 0 Å². The molecule has 0 fully saturated rings. The molecule has 1 aliphatic heterocycles. The van der Waals surface area contributed by atoms with E-state index in [1.54, 1.807) is 23.1 Å². The summed E-state index contributed by atoms with van der Waals surface area (Å²) in [4.78, 5) is 14.8. The van der Waals surface area contributed by atoms with Gasteiger partial charge in [-0.05, 0) is 42.0 Å². The Morgan fingerprint density at radius 2 is 1.73 bits per heavy atom. The third kappa shape index (κ3) is 2.67. The summed E-state index contributed by atoms with van der Waals surface area (Å²) in [5.74, 6) is -0.430. The van der Waals surface area contributed by atoms with E-state index in [9.17, 15) is 9.18 Å². The SMILES string of the molecule is COc1ccc(C2Nc3ccccc3C(=O)N2c2ccccc2)cc1F. The third-order valence-electron chi connectivity index (χ3n) is 4.45. The number of carbonyl (C=O) groups is 1. The fraction of sp³-hybridized carbons (Fsp3) is 0.0952. The standard InChI is InChI=1S/C21H17FN2O2/c1-26-19-12-11-14(13-17(19)22)20-23-18-10-6-5-9-16(18)21(25)24(20)15-7-3-2-4-8-15/h2-13,20,23H,1H3. The highest BCUT2D eigenvalue weighted by Gasteiger charge is 2.34. The van der Waals surface area contributed by atoms with Gasteiger partial charge in [0, 0.05) is 11.4 Å². The topological polar surface area (TPSA) is 41.6 Å². The number of halogens is 1. The molecule has 0 saturated heterocycles. The number of benzene rings is 3. The molecule has 4 nitrogen and oxygen atoms in total. The Kier molecular flexibility index (Phi) is 4.05. The van der Waals surface area contributed by atoms with Gasteiger partial charge in [0.15, 0.2) is 11.6 Å². The van der Waals surface area contributed by atoms with Gasteiger partial charge in [-0.2, -0.15) is 0 Å². The summed E-state index contributed by atoms with van der Waals surface area (Å²) in [6.45, 7) is 0. The summed E-state index contributed by atoms with van der Waals surface area (Å²) in [5, 5.41) is 3.35. The number of amides is 1. The summed E-state index contributed by atoms with van der Waals surface area (Å²) in [6, 6.07) is 21.4. The average molecular weight is 348 g/mol. The molecule has 1 N–H and O–H groups in total. The zero-order valence-corrected chi connectivity index (χ0v) is 14.1. The number of rotatable bonds is 3. The van der Waals surface area contributed by atoms with E-state index in [1.165, 1.54) is 13.2 Å². The molecule has 0 spiro atoms. The van der Waals surface area contributed by atoms with Crippen molar-refractivity contribution in [3.63, 3.8) is 0 Å². The van der Waals surface area contributed by atoms with E-state index in [0.29, 0.717) is 11.1 Å². The van der Waals surface area contributed by atoms with Gasteiger partial charge in [-0.15, -0.1) is 0 Å². The predicted molar refractivity (Wildman–Crippen MR) is 99.0 cm³/mol. The lowest BCUT2D eigenvalue weighted by Gasteiger charge is -2.38. The highest BCUT2D eigenvalue weighted by molar-refractivity contribution is 6.12. The molecule has 1 atom stereocenters. The monoisotopic (exact) mass is 348 g/mol. The van der Waals surface area contributed by atoms with Gasteiger partial charge in [-0.1, -0.05) is 36.4 Å². The number of carbonyl (C=O) groups excluding carboxylic acids is 1. The average Bonchev–Trinajstić information content (AvgIpc) is 2.68. The number of anilines is 2. The van der Waals surface area contributed by atoms with Crippen LogP contribution in [0.5, 0.6) is 5.75 Å². The van der Waals surface area contributed by atoms with Gasteiger partial charge in [0.1, 0.15) is 6.17 Å². The lowest BCUT2D eigenvalue weighted by atomic mass is 10.0. The van der Waals surface area contributed by atoms with E-state index in [2.05, 4.69) is 5.32 Å². The third-order valence-corrected chi connectivity index (χ3v) is 4.45. The highest BCUT2D eigenvalue weighted by Crippen LogP contribution is 2.37. The molecule has 0 radical (unpaired) electrons. The fourth-order valence-corrected chi connectivity index (χ4v) is 3.19. The maximum Gasteiger partial charge on any atom is 0.262 e. The number of hydrogen-bond acceptors (Lipinski definition) is 3. The Hall–Kier alpha value is -3.34. The molecule has 0 saturated carbocycles. The summed E-state index contributed by atoms with van der Waals surface area (Å²) >= 11 is 0. The minimum atomic E-state index is -0.528. The van der Waals surface area contributed by atoms with Crippen molar-refractivity contribution in [2.24, 2.45) is 0 Å². The molecule has 1 unspecified atom stereocenters. The van der Waals surface area contributed by atoms with Crippen molar-refractivity contribution in [2.45, 2.75) is 6.17 Å². The molecular weight excluding hydrogens is 331 g/mol. The summed E-state index contributed by atoms with van der Waals surface area (Å²) < 4.78 is 19.3. The molecule has 3 aromatic carbocycles. The van der Waals surface area contributed by atoms with Crippen LogP contribution in [0.25, 0.3) is 0 Å². The van der Waals surface area contributed by atoms with Crippen molar-refractivity contribution in [1.29, 1.82) is 0 Å². The van der Waals surface area contributed by atoms with Gasteiger partial charge >= 0.3 is 0 Å². The molecule has 1 heterocycles. The molecule has 1 aliphatic rings. The van der Waals surface area contributed by atoms with E-state index < -0.39 is 12.0 Å². The van der Waals surface area contributed by atoms with Gasteiger partial charge in [-0.25, -0.2) is 4.39 Å². The van der Waals surface area contributed by atoms with Crippen LogP contribution in [0.15, 0.2) is 72.8 Å². The highest BCUT2D eigenvalue weighted by atomic mass is 19.1. The maximum absolute atomic E-state index is 14.3. The van der Waals surface area contributed by atoms with Crippen molar-refractivity contribution >= 4 is 17.3 Å². The molecule has 5 heteroatoms. The second-order valence-electron chi connectivity index (χ2n) is 6.00. The van der Waals surface area contributed by atoms with Crippen molar-refractivity contribution < 1.29 is 13.9 Å². The van der Waals surface area contributed by atoms with Crippen LogP contribution >= 0.6 is 0 Å². The van der Waals surface area contributed by atoms with Crippen molar-refractivity contribution in [3.05, 3.63) is 89.7 Å². The lowest BCUT2D eigenvalue weighted by Crippen LogP contribution is -2.43. The first-order chi connectivity index (χ1) is 12.7. The number of para-hydroxylation sites is 2. The molecular formula is C21H17FN2O2. The number of hydrogen-bond donors (Lipinski definition) is 1. The summed E-state index contributed by atoms with van der Waals surface area (Å²) in [6.07, 6.45) is -0.528. The molecule has 4 rings (SSSR count). The van der Waals surface area contributed by atoms with Crippen LogP contribution in [0.4, 0.5) is 15.8 Å². The van der Waals surface area contributed by atoms with Crippen LogP contribution in [-0.4, -0.2) is 13.0 Å². The summed E-state index contributed by atoms with van der Waals surface area (Å²) in [7, 11) is 1.42. The van der Waals surface area contributed by atoms with Crippen molar-refractivity contribution in [1.82, 2.24) is 0 Å². The molecule has 3 aromatic rings. The van der Waals surface area contributed by atoms with Gasteiger partial charge in [0.25, 0.3) is 5.91 Å². The minimum Gasteiger partial charge on any atom is -0.494 e. The van der Waals surface area contributed by atoms with Crippen LogP contribution in [0.1, 0.15) is 22.1 Å². The Balaban J connectivity index is 1.85. The molecule has 0 aromatic heterocycles. The number of nitrogens with one attached hydrogen (secondary N) is 1. The van der Waals surface area contributed by atoms with Crippen LogP contribution < -0.4 is 15.0 Å². The first-order valence-electron chi connectivity index (χ1n) is 8.26. The Morgan fingerprint density at radius 3 is 2.46 bits per heavy atom. The van der Waals surface area contributed by atoms with E-state index in [-0.39, 0.29) is 11.7 Å². The van der Waals surface area contributed by atoms with Crippen molar-refractivity contribution in [3.8, 4) is 5.75 Å². The van der Waals surface area contributed by atoms with Crippen LogP contribution in [-0.2, 0) is 0 Å². The van der Waals surface area contributed by atoms with Crippen LogP contribution in [0, 0.1) is 5.82 Å².